The monoisotopic (exact) mass is 380 g/mol. The fourth-order valence-electron chi connectivity index (χ4n) is 7.07. The van der Waals surface area contributed by atoms with Crippen molar-refractivity contribution in [3.05, 3.63) is 49.1 Å². The maximum Gasteiger partial charge on any atom is 0.156 e. The predicted octanol–water partition coefficient (Wildman–Crippen LogP) is 4.58. The molecule has 4 aliphatic rings. The molecular formula is C25H32O3. The summed E-state index contributed by atoms with van der Waals surface area (Å²) in [5.41, 5.74) is -0.0362. The number of Topliss-reactive ketones (excluding diaryl/α,β-unsaturated/α-hetero) is 1. The van der Waals surface area contributed by atoms with Crippen molar-refractivity contribution in [1.82, 2.24) is 0 Å². The first kappa shape index (κ1) is 19.6. The summed E-state index contributed by atoms with van der Waals surface area (Å²) >= 11 is 0. The highest BCUT2D eigenvalue weighted by molar-refractivity contribution is 5.94. The van der Waals surface area contributed by atoms with Crippen molar-refractivity contribution in [3.63, 3.8) is 0 Å². The topological polar surface area (TPSA) is 54.4 Å². The van der Waals surface area contributed by atoms with Gasteiger partial charge in [0.2, 0.25) is 0 Å². The first-order chi connectivity index (χ1) is 13.2. The van der Waals surface area contributed by atoms with Gasteiger partial charge in [0.05, 0.1) is 11.5 Å². The third-order valence-corrected chi connectivity index (χ3v) is 8.76. The van der Waals surface area contributed by atoms with Crippen LogP contribution in [0.2, 0.25) is 0 Å². The van der Waals surface area contributed by atoms with E-state index in [9.17, 15) is 14.7 Å². The maximum absolute atomic E-state index is 13.7. The van der Waals surface area contributed by atoms with Gasteiger partial charge in [-0.15, -0.1) is 13.2 Å². The minimum atomic E-state index is -0.843. The van der Waals surface area contributed by atoms with Crippen LogP contribution in [0.25, 0.3) is 0 Å². The van der Waals surface area contributed by atoms with Gasteiger partial charge in [-0.25, -0.2) is 0 Å². The zero-order valence-electron chi connectivity index (χ0n) is 17.1. The van der Waals surface area contributed by atoms with E-state index in [0.717, 1.165) is 19.3 Å². The number of aliphatic hydroxyl groups is 1. The molecule has 7 atom stereocenters. The average molecular weight is 381 g/mol. The second kappa shape index (κ2) is 6.38. The molecule has 150 valence electrons. The first-order valence-corrected chi connectivity index (χ1v) is 10.6. The standard InChI is InChI=1S/C25H32O3/c1-5-11-25(21(27)6-2)15-20-18-8-7-16-14-17(26)9-12-23(16,3)19(18)10-13-24(20,4)22(25)28/h5-8,14,18-21,27H,1-2,9-13,15H2,3-4H3/t18-,19+,20+,21+,23+,24+,25+/m1/s1. The summed E-state index contributed by atoms with van der Waals surface area (Å²) in [6.07, 6.45) is 13.2. The van der Waals surface area contributed by atoms with Crippen molar-refractivity contribution < 1.29 is 14.7 Å². The molecule has 0 aromatic carbocycles. The average Bonchev–Trinajstić information content (AvgIpc) is 2.91. The minimum absolute atomic E-state index is 0.0123. The minimum Gasteiger partial charge on any atom is -0.388 e. The lowest BCUT2D eigenvalue weighted by Crippen LogP contribution is -2.49. The second-order valence-corrected chi connectivity index (χ2v) is 9.95. The lowest BCUT2D eigenvalue weighted by molar-refractivity contribution is -0.140. The van der Waals surface area contributed by atoms with E-state index in [1.807, 2.05) is 6.08 Å². The number of aliphatic hydroxyl groups excluding tert-OH is 1. The van der Waals surface area contributed by atoms with Gasteiger partial charge in [-0.05, 0) is 66.9 Å². The van der Waals surface area contributed by atoms with Crippen molar-refractivity contribution in [2.45, 2.75) is 58.5 Å². The van der Waals surface area contributed by atoms with Gasteiger partial charge in [0.1, 0.15) is 5.78 Å². The zero-order chi connectivity index (χ0) is 20.3. The molecule has 4 rings (SSSR count). The van der Waals surface area contributed by atoms with Crippen LogP contribution in [0.5, 0.6) is 0 Å². The number of hydrogen-bond acceptors (Lipinski definition) is 3. The lowest BCUT2D eigenvalue weighted by Gasteiger charge is -2.54. The van der Waals surface area contributed by atoms with Gasteiger partial charge >= 0.3 is 0 Å². The molecule has 0 heterocycles. The Bertz CT molecular complexity index is 805. The molecule has 2 saturated carbocycles. The number of rotatable bonds is 4. The van der Waals surface area contributed by atoms with Crippen molar-refractivity contribution in [1.29, 1.82) is 0 Å². The summed E-state index contributed by atoms with van der Waals surface area (Å²) in [7, 11) is 0. The van der Waals surface area contributed by atoms with E-state index in [1.165, 1.54) is 11.6 Å². The Labute approximate surface area is 168 Å². The Kier molecular flexibility index (Phi) is 4.46. The van der Waals surface area contributed by atoms with Crippen LogP contribution in [0.1, 0.15) is 52.4 Å². The molecule has 0 unspecified atom stereocenters. The van der Waals surface area contributed by atoms with Crippen molar-refractivity contribution in [3.8, 4) is 0 Å². The molecule has 0 bridgehead atoms. The molecule has 3 nitrogen and oxygen atoms in total. The fraction of sp³-hybridized carbons (Fsp3) is 0.600. The molecule has 0 amide bonds. The van der Waals surface area contributed by atoms with E-state index in [-0.39, 0.29) is 22.9 Å². The van der Waals surface area contributed by atoms with Crippen molar-refractivity contribution >= 4 is 11.6 Å². The van der Waals surface area contributed by atoms with Crippen LogP contribution < -0.4 is 0 Å². The second-order valence-electron chi connectivity index (χ2n) is 9.95. The molecule has 4 aliphatic carbocycles. The van der Waals surface area contributed by atoms with Gasteiger partial charge in [0.15, 0.2) is 5.78 Å². The van der Waals surface area contributed by atoms with Crippen LogP contribution in [0, 0.1) is 34.0 Å². The summed E-state index contributed by atoms with van der Waals surface area (Å²) in [6, 6.07) is 0. The molecule has 0 spiro atoms. The number of ketones is 2. The predicted molar refractivity (Wildman–Crippen MR) is 110 cm³/mol. The molecule has 0 aromatic rings. The van der Waals surface area contributed by atoms with Crippen molar-refractivity contribution in [2.75, 3.05) is 0 Å². The van der Waals surface area contributed by atoms with Crippen LogP contribution in [0.4, 0.5) is 0 Å². The molecule has 0 aromatic heterocycles. The lowest BCUT2D eigenvalue weighted by atomic mass is 9.49. The highest BCUT2D eigenvalue weighted by atomic mass is 16.3. The van der Waals surface area contributed by atoms with Gasteiger partial charge in [-0.1, -0.05) is 38.2 Å². The SMILES string of the molecule is C=CC[C@@]1([C@@H](O)C=C)C[C@H]2[C@@H]3C=CC4=CC(=O)CC[C@]4(C)[C@H]3CC[C@]2(C)C1=O. The van der Waals surface area contributed by atoms with E-state index in [0.29, 0.717) is 31.1 Å². The van der Waals surface area contributed by atoms with Crippen LogP contribution >= 0.6 is 0 Å². The Morgan fingerprint density at radius 1 is 1.21 bits per heavy atom. The first-order valence-electron chi connectivity index (χ1n) is 10.6. The van der Waals surface area contributed by atoms with Crippen LogP contribution in [0.15, 0.2) is 49.1 Å². The highest BCUT2D eigenvalue weighted by Crippen LogP contribution is 2.66. The summed E-state index contributed by atoms with van der Waals surface area (Å²) in [4.78, 5) is 25.7. The fourth-order valence-corrected chi connectivity index (χ4v) is 7.07. The van der Waals surface area contributed by atoms with Gasteiger partial charge in [-0.3, -0.25) is 9.59 Å². The van der Waals surface area contributed by atoms with Gasteiger partial charge in [0.25, 0.3) is 0 Å². The Hall–Kier alpha value is -1.74. The number of fused-ring (bicyclic) bond motifs is 5. The molecule has 3 heteroatoms. The molecule has 28 heavy (non-hydrogen) atoms. The zero-order valence-corrected chi connectivity index (χ0v) is 17.1. The van der Waals surface area contributed by atoms with Gasteiger partial charge in [-0.2, -0.15) is 0 Å². The third-order valence-electron chi connectivity index (χ3n) is 8.76. The highest BCUT2D eigenvalue weighted by Gasteiger charge is 2.66. The van der Waals surface area contributed by atoms with Crippen molar-refractivity contribution in [2.24, 2.45) is 34.0 Å². The number of carbonyl (C=O) groups excluding carboxylic acids is 2. The Morgan fingerprint density at radius 2 is 1.96 bits per heavy atom. The molecule has 1 N–H and O–H groups in total. The quantitative estimate of drug-likeness (QED) is 0.726. The van der Waals surface area contributed by atoms with E-state index in [4.69, 9.17) is 0 Å². The number of hydrogen-bond donors (Lipinski definition) is 1. The summed E-state index contributed by atoms with van der Waals surface area (Å²) in [6.45, 7) is 12.1. The Morgan fingerprint density at radius 3 is 2.64 bits per heavy atom. The maximum atomic E-state index is 13.7. The normalized spacial score (nSPS) is 45.5. The van der Waals surface area contributed by atoms with Crippen LogP contribution in [0.3, 0.4) is 0 Å². The molecule has 0 radical (unpaired) electrons. The van der Waals surface area contributed by atoms with E-state index < -0.39 is 16.9 Å². The molecule has 0 saturated heterocycles. The van der Waals surface area contributed by atoms with E-state index >= 15 is 0 Å². The van der Waals surface area contributed by atoms with Gasteiger partial charge in [0, 0.05) is 11.8 Å². The smallest absolute Gasteiger partial charge is 0.156 e. The summed E-state index contributed by atoms with van der Waals surface area (Å²) < 4.78 is 0. The van der Waals surface area contributed by atoms with Crippen LogP contribution in [-0.2, 0) is 9.59 Å². The summed E-state index contributed by atoms with van der Waals surface area (Å²) in [5, 5.41) is 10.8. The summed E-state index contributed by atoms with van der Waals surface area (Å²) in [5.74, 6) is 1.38. The molecule has 2 fully saturated rings. The molecule has 0 aliphatic heterocycles. The van der Waals surface area contributed by atoms with Crippen LogP contribution in [-0.4, -0.2) is 22.8 Å². The number of allylic oxidation sites excluding steroid dienone is 5. The number of carbonyl (C=O) groups is 2. The third kappa shape index (κ3) is 2.38. The van der Waals surface area contributed by atoms with E-state index in [2.05, 4.69) is 39.2 Å². The Balaban J connectivity index is 1.78. The van der Waals surface area contributed by atoms with Gasteiger partial charge < -0.3 is 5.11 Å². The van der Waals surface area contributed by atoms with E-state index in [1.54, 1.807) is 6.08 Å². The largest absolute Gasteiger partial charge is 0.388 e. The molecular weight excluding hydrogens is 348 g/mol.